The minimum Gasteiger partial charge on any atom is -0.496 e. The number of nitrogens with zero attached hydrogens (tertiary/aromatic N) is 2. The molecule has 1 fully saturated rings. The van der Waals surface area contributed by atoms with Crippen molar-refractivity contribution < 1.29 is 18.3 Å². The number of benzene rings is 1. The SMILES string of the molecule is CCC[N+](C)=C(N=C(C)NC(=O)C(C)(C)S(=O)CC1CC1)c1ccccc1OC. The van der Waals surface area contributed by atoms with Crippen LogP contribution in [0.25, 0.3) is 0 Å². The van der Waals surface area contributed by atoms with E-state index < -0.39 is 15.5 Å². The van der Waals surface area contributed by atoms with Crippen molar-refractivity contribution in [1.82, 2.24) is 5.32 Å². The fourth-order valence-electron chi connectivity index (χ4n) is 2.93. The van der Waals surface area contributed by atoms with Gasteiger partial charge in [0.05, 0.1) is 20.7 Å². The molecule has 1 unspecified atom stereocenters. The van der Waals surface area contributed by atoms with Gasteiger partial charge in [0.25, 0.3) is 0 Å². The summed E-state index contributed by atoms with van der Waals surface area (Å²) in [6.07, 6.45) is 3.19. The van der Waals surface area contributed by atoms with Crippen molar-refractivity contribution in [2.24, 2.45) is 10.9 Å². The smallest absolute Gasteiger partial charge is 0.331 e. The summed E-state index contributed by atoms with van der Waals surface area (Å²) in [5, 5.41) is 2.86. The summed E-state index contributed by atoms with van der Waals surface area (Å²) < 4.78 is 19.2. The molecule has 2 rings (SSSR count). The zero-order chi connectivity index (χ0) is 21.6. The molecule has 0 spiro atoms. The Bertz CT molecular complexity index is 826. The number of amidine groups is 2. The molecule has 29 heavy (non-hydrogen) atoms. The monoisotopic (exact) mass is 420 g/mol. The molecule has 0 aromatic heterocycles. The van der Waals surface area contributed by atoms with E-state index in [9.17, 15) is 9.00 Å². The van der Waals surface area contributed by atoms with Gasteiger partial charge in [0.2, 0.25) is 11.7 Å². The predicted molar refractivity (Wildman–Crippen MR) is 120 cm³/mol. The highest BCUT2D eigenvalue weighted by Gasteiger charge is 2.38. The lowest BCUT2D eigenvalue weighted by Gasteiger charge is -2.22. The molecule has 0 saturated heterocycles. The lowest BCUT2D eigenvalue weighted by molar-refractivity contribution is -0.497. The normalized spacial score (nSPS) is 16.8. The van der Waals surface area contributed by atoms with Gasteiger partial charge in [-0.05, 0) is 56.2 Å². The molecule has 7 heteroatoms. The van der Waals surface area contributed by atoms with Crippen molar-refractivity contribution in [1.29, 1.82) is 0 Å². The fourth-order valence-corrected chi connectivity index (χ4v) is 4.37. The molecule has 1 aliphatic carbocycles. The summed E-state index contributed by atoms with van der Waals surface area (Å²) >= 11 is 0. The Kier molecular flexibility index (Phi) is 8.14. The second kappa shape index (κ2) is 10.1. The Balaban J connectivity index is 2.27. The molecule has 1 atom stereocenters. The molecule has 0 aliphatic heterocycles. The molecule has 1 amide bonds. The minimum atomic E-state index is -1.21. The van der Waals surface area contributed by atoms with Crippen LogP contribution in [-0.2, 0) is 15.6 Å². The molecule has 0 heterocycles. The van der Waals surface area contributed by atoms with Crippen molar-refractivity contribution in [2.45, 2.75) is 51.7 Å². The van der Waals surface area contributed by atoms with E-state index in [0.29, 0.717) is 17.5 Å². The number of amides is 1. The number of para-hydroxylation sites is 1. The van der Waals surface area contributed by atoms with Crippen LogP contribution in [0.1, 0.15) is 52.5 Å². The maximum Gasteiger partial charge on any atom is 0.331 e. The summed E-state index contributed by atoms with van der Waals surface area (Å²) in [5.74, 6) is 2.74. The van der Waals surface area contributed by atoms with Crippen LogP contribution in [-0.4, -0.2) is 57.6 Å². The molecule has 6 nitrogen and oxygen atoms in total. The van der Waals surface area contributed by atoms with Crippen LogP contribution in [0.3, 0.4) is 0 Å². The molecule has 1 saturated carbocycles. The van der Waals surface area contributed by atoms with Crippen LogP contribution in [0.5, 0.6) is 5.75 Å². The van der Waals surface area contributed by atoms with E-state index in [1.807, 2.05) is 35.9 Å². The van der Waals surface area contributed by atoms with E-state index in [1.165, 1.54) is 0 Å². The van der Waals surface area contributed by atoms with Crippen LogP contribution in [0, 0.1) is 5.92 Å². The van der Waals surface area contributed by atoms with Crippen LogP contribution in [0.4, 0.5) is 0 Å². The van der Waals surface area contributed by atoms with Crippen molar-refractivity contribution in [2.75, 3.05) is 26.5 Å². The standard InChI is InChI=1S/C22H33N3O3S/c1-7-14-25(5)20(18-10-8-9-11-19(18)28-6)23-16(2)24-21(26)22(3,4)29(27)15-17-12-13-17/h8-11,17H,7,12-15H2,1-6H3/p+1. The number of carbonyl (C=O) groups excluding carboxylic acids is 1. The Morgan fingerprint density at radius 2 is 2.00 bits per heavy atom. The summed E-state index contributed by atoms with van der Waals surface area (Å²) in [4.78, 5) is 17.5. The fraction of sp³-hybridized carbons (Fsp3) is 0.591. The first-order chi connectivity index (χ1) is 13.7. The second-order valence-electron chi connectivity index (χ2n) is 8.06. The molecule has 0 bridgehead atoms. The van der Waals surface area contributed by atoms with Gasteiger partial charge in [-0.25, -0.2) is 0 Å². The molecule has 1 aromatic carbocycles. The predicted octanol–water partition coefficient (Wildman–Crippen LogP) is 2.97. The van der Waals surface area contributed by atoms with Gasteiger partial charge in [-0.1, -0.05) is 19.1 Å². The molecular weight excluding hydrogens is 386 g/mol. The van der Waals surface area contributed by atoms with Gasteiger partial charge in [-0.2, -0.15) is 0 Å². The molecule has 0 radical (unpaired) electrons. The highest BCUT2D eigenvalue weighted by Crippen LogP contribution is 2.32. The number of hydrogen-bond donors (Lipinski definition) is 1. The summed E-state index contributed by atoms with van der Waals surface area (Å²) in [6.45, 7) is 8.15. The Hall–Kier alpha value is -2.02. The van der Waals surface area contributed by atoms with Gasteiger partial charge in [0.1, 0.15) is 16.1 Å². The number of carbonyl (C=O) groups is 1. The maximum atomic E-state index is 12.8. The molecule has 1 aliphatic rings. The quantitative estimate of drug-likeness (QED) is 0.399. The van der Waals surface area contributed by atoms with E-state index >= 15 is 0 Å². The Labute approximate surface area is 176 Å². The van der Waals surface area contributed by atoms with E-state index in [2.05, 4.69) is 12.2 Å². The van der Waals surface area contributed by atoms with Gasteiger partial charge >= 0.3 is 5.84 Å². The number of hydrogen-bond acceptors (Lipinski definition) is 3. The first-order valence-electron chi connectivity index (χ1n) is 10.2. The third kappa shape index (κ3) is 6.23. The van der Waals surface area contributed by atoms with Gasteiger partial charge in [0, 0.05) is 23.5 Å². The van der Waals surface area contributed by atoms with Crippen molar-refractivity contribution in [3.63, 3.8) is 0 Å². The van der Waals surface area contributed by atoms with Crippen molar-refractivity contribution in [3.8, 4) is 5.75 Å². The lowest BCUT2D eigenvalue weighted by Crippen LogP contribution is -2.48. The average Bonchev–Trinajstić information content (AvgIpc) is 3.50. The zero-order valence-electron chi connectivity index (χ0n) is 18.4. The summed E-state index contributed by atoms with van der Waals surface area (Å²) in [7, 11) is 2.39. The van der Waals surface area contributed by atoms with Gasteiger partial charge in [-0.3, -0.25) is 18.9 Å². The number of aliphatic imine (C=N–C) groups is 1. The van der Waals surface area contributed by atoms with E-state index in [1.54, 1.807) is 27.9 Å². The number of rotatable bonds is 8. The highest BCUT2D eigenvalue weighted by molar-refractivity contribution is 7.87. The topological polar surface area (TPSA) is 70.8 Å². The van der Waals surface area contributed by atoms with Crippen LogP contribution in [0.15, 0.2) is 29.3 Å². The average molecular weight is 421 g/mol. The minimum absolute atomic E-state index is 0.268. The van der Waals surface area contributed by atoms with E-state index in [0.717, 1.165) is 43.0 Å². The van der Waals surface area contributed by atoms with Gasteiger partial charge < -0.3 is 4.74 Å². The van der Waals surface area contributed by atoms with Gasteiger partial charge in [-0.15, -0.1) is 0 Å². The summed E-state index contributed by atoms with van der Waals surface area (Å²) in [5.41, 5.74) is 0.858. The number of nitrogens with one attached hydrogen (secondary N) is 1. The van der Waals surface area contributed by atoms with Crippen LogP contribution < -0.4 is 10.1 Å². The lowest BCUT2D eigenvalue weighted by atomic mass is 10.1. The molecular formula is C22H34N3O3S+. The number of methoxy groups -OCH3 is 1. The molecule has 160 valence electrons. The largest absolute Gasteiger partial charge is 0.496 e. The van der Waals surface area contributed by atoms with E-state index in [-0.39, 0.29) is 5.91 Å². The third-order valence-corrected chi connectivity index (χ3v) is 7.13. The van der Waals surface area contributed by atoms with Crippen LogP contribution in [0.2, 0.25) is 0 Å². The Morgan fingerprint density at radius 1 is 1.34 bits per heavy atom. The third-order valence-electron chi connectivity index (χ3n) is 5.04. The first-order valence-corrected chi connectivity index (χ1v) is 11.5. The highest BCUT2D eigenvalue weighted by atomic mass is 32.2. The van der Waals surface area contributed by atoms with Crippen molar-refractivity contribution >= 4 is 28.4 Å². The Morgan fingerprint density at radius 3 is 2.59 bits per heavy atom. The van der Waals surface area contributed by atoms with Crippen LogP contribution >= 0.6 is 0 Å². The van der Waals surface area contributed by atoms with Crippen molar-refractivity contribution in [3.05, 3.63) is 29.8 Å². The first kappa shape index (κ1) is 23.3. The summed E-state index contributed by atoms with van der Waals surface area (Å²) in [6, 6.07) is 7.69. The van der Waals surface area contributed by atoms with E-state index in [4.69, 9.17) is 9.73 Å². The maximum absolute atomic E-state index is 12.8. The second-order valence-corrected chi connectivity index (χ2v) is 10.1. The number of ether oxygens (including phenoxy) is 1. The van der Waals surface area contributed by atoms with Gasteiger partial charge in [0.15, 0.2) is 0 Å². The molecule has 1 N–H and O–H groups in total. The zero-order valence-corrected chi connectivity index (χ0v) is 19.3. The molecule has 1 aromatic rings.